The average molecular weight is 309 g/mol. The number of hydrogen-bond acceptors (Lipinski definition) is 4. The van der Waals surface area contributed by atoms with E-state index in [-0.39, 0.29) is 23.8 Å². The van der Waals surface area contributed by atoms with Gasteiger partial charge in [-0.05, 0) is 25.0 Å². The number of aliphatic hydroxyl groups excluding tert-OH is 1. The molecule has 1 aromatic carbocycles. The largest absolute Gasteiger partial charge is 0.396 e. The molecule has 0 aliphatic carbocycles. The summed E-state index contributed by atoms with van der Waals surface area (Å²) in [7, 11) is -4.04. The summed E-state index contributed by atoms with van der Waals surface area (Å²) in [6, 6.07) is 2.19. The van der Waals surface area contributed by atoms with Gasteiger partial charge in [-0.2, -0.15) is 4.31 Å². The molecule has 1 aliphatic heterocycles. The van der Waals surface area contributed by atoms with Crippen molar-refractivity contribution >= 4 is 27.3 Å². The Morgan fingerprint density at radius 1 is 1.47 bits per heavy atom. The second kappa shape index (κ2) is 5.24. The van der Waals surface area contributed by atoms with Crippen LogP contribution in [0.25, 0.3) is 0 Å². The lowest BCUT2D eigenvalue weighted by Crippen LogP contribution is -2.42. The van der Waals surface area contributed by atoms with Crippen LogP contribution in [0.5, 0.6) is 0 Å². The van der Waals surface area contributed by atoms with Crippen LogP contribution in [0.2, 0.25) is 5.02 Å². The van der Waals surface area contributed by atoms with Gasteiger partial charge in [0.25, 0.3) is 0 Å². The lowest BCUT2D eigenvalue weighted by molar-refractivity contribution is 0.108. The van der Waals surface area contributed by atoms with E-state index in [9.17, 15) is 17.9 Å². The van der Waals surface area contributed by atoms with Crippen LogP contribution >= 0.6 is 11.6 Å². The number of rotatable bonds is 2. The molecule has 0 unspecified atom stereocenters. The highest BCUT2D eigenvalue weighted by Gasteiger charge is 2.32. The molecule has 106 valence electrons. The molecule has 5 nitrogen and oxygen atoms in total. The van der Waals surface area contributed by atoms with Gasteiger partial charge >= 0.3 is 0 Å². The first-order chi connectivity index (χ1) is 8.82. The fourth-order valence-corrected chi connectivity index (χ4v) is 3.98. The van der Waals surface area contributed by atoms with E-state index in [1.54, 1.807) is 0 Å². The Morgan fingerprint density at radius 3 is 2.79 bits per heavy atom. The number of β-amino-alcohol motifs (C(OH)–C–C–N with tert-alkyl or cyclic N) is 1. The maximum atomic E-state index is 13.9. The highest BCUT2D eigenvalue weighted by atomic mass is 35.5. The van der Waals surface area contributed by atoms with Crippen molar-refractivity contribution in [1.29, 1.82) is 0 Å². The van der Waals surface area contributed by atoms with Crippen molar-refractivity contribution in [3.8, 4) is 0 Å². The van der Waals surface area contributed by atoms with Crippen molar-refractivity contribution in [2.75, 3.05) is 18.8 Å². The van der Waals surface area contributed by atoms with Crippen LogP contribution in [0.15, 0.2) is 17.0 Å². The number of nitrogen functional groups attached to an aromatic ring is 1. The normalized spacial score (nSPS) is 21.5. The van der Waals surface area contributed by atoms with Crippen LogP contribution < -0.4 is 5.73 Å². The van der Waals surface area contributed by atoms with E-state index < -0.39 is 26.8 Å². The molecule has 3 N–H and O–H groups in total. The molecule has 1 atom stereocenters. The minimum atomic E-state index is -4.04. The van der Waals surface area contributed by atoms with Gasteiger partial charge in [0, 0.05) is 18.1 Å². The van der Waals surface area contributed by atoms with E-state index in [1.807, 2.05) is 0 Å². The highest BCUT2D eigenvalue weighted by molar-refractivity contribution is 7.89. The van der Waals surface area contributed by atoms with Crippen molar-refractivity contribution in [1.82, 2.24) is 4.31 Å². The van der Waals surface area contributed by atoms with Crippen molar-refractivity contribution in [3.05, 3.63) is 23.0 Å². The van der Waals surface area contributed by atoms with Crippen LogP contribution in [0.1, 0.15) is 12.8 Å². The van der Waals surface area contributed by atoms with E-state index in [0.29, 0.717) is 12.8 Å². The second-order valence-electron chi connectivity index (χ2n) is 4.47. The topological polar surface area (TPSA) is 83.6 Å². The van der Waals surface area contributed by atoms with E-state index >= 15 is 0 Å². The van der Waals surface area contributed by atoms with Crippen molar-refractivity contribution in [2.24, 2.45) is 0 Å². The summed E-state index contributed by atoms with van der Waals surface area (Å²) in [5.74, 6) is -1.01. The molecule has 1 saturated heterocycles. The van der Waals surface area contributed by atoms with E-state index in [1.165, 1.54) is 0 Å². The van der Waals surface area contributed by atoms with E-state index in [2.05, 4.69) is 0 Å². The van der Waals surface area contributed by atoms with Crippen LogP contribution in [0.3, 0.4) is 0 Å². The summed E-state index contributed by atoms with van der Waals surface area (Å²) in [5, 5.41) is 9.57. The van der Waals surface area contributed by atoms with Gasteiger partial charge in [0.15, 0.2) is 5.82 Å². The Hall–Kier alpha value is -0.890. The van der Waals surface area contributed by atoms with Gasteiger partial charge in [0.05, 0.1) is 11.8 Å². The molecule has 0 bridgehead atoms. The van der Waals surface area contributed by atoms with Gasteiger partial charge in [-0.15, -0.1) is 0 Å². The second-order valence-corrected chi connectivity index (χ2v) is 6.81. The third kappa shape index (κ3) is 2.84. The molecule has 8 heteroatoms. The number of piperidine rings is 1. The smallest absolute Gasteiger partial charge is 0.246 e. The zero-order valence-electron chi connectivity index (χ0n) is 10.0. The minimum Gasteiger partial charge on any atom is -0.396 e. The average Bonchev–Trinajstić information content (AvgIpc) is 2.33. The molecule has 1 heterocycles. The number of nitrogens with zero attached hydrogens (tertiary/aromatic N) is 1. The summed E-state index contributed by atoms with van der Waals surface area (Å²) in [6.45, 7) is 0.194. The zero-order chi connectivity index (χ0) is 14.2. The molecule has 1 aromatic rings. The summed E-state index contributed by atoms with van der Waals surface area (Å²) in [5.41, 5.74) is 5.07. The zero-order valence-corrected chi connectivity index (χ0v) is 11.6. The van der Waals surface area contributed by atoms with Crippen LogP contribution in [0, 0.1) is 5.82 Å². The molecular formula is C11H14ClFN2O3S. The fourth-order valence-electron chi connectivity index (χ4n) is 2.05. The predicted molar refractivity (Wildman–Crippen MR) is 69.8 cm³/mol. The lowest BCUT2D eigenvalue weighted by Gasteiger charge is -2.29. The molecule has 1 fully saturated rings. The number of sulfonamides is 1. The molecule has 0 spiro atoms. The van der Waals surface area contributed by atoms with Gasteiger partial charge in [-0.3, -0.25) is 0 Å². The van der Waals surface area contributed by atoms with Crippen molar-refractivity contribution in [3.63, 3.8) is 0 Å². The summed E-state index contributed by atoms with van der Waals surface area (Å²) in [4.78, 5) is -0.549. The minimum absolute atomic E-state index is 0.0474. The standard InChI is InChI=1S/C11H14ClFN2O3S/c12-7-4-9(14)11(13)10(5-7)19(17,18)15-3-1-2-8(16)6-15/h4-5,8,16H,1-3,6,14H2/t8-/m0/s1. The van der Waals surface area contributed by atoms with Crippen molar-refractivity contribution < 1.29 is 17.9 Å². The van der Waals surface area contributed by atoms with Gasteiger partial charge in [-0.25, -0.2) is 12.8 Å². The molecule has 0 aromatic heterocycles. The third-order valence-corrected chi connectivity index (χ3v) is 5.09. The monoisotopic (exact) mass is 308 g/mol. The Balaban J connectivity index is 2.45. The van der Waals surface area contributed by atoms with Gasteiger partial charge in [0.1, 0.15) is 4.90 Å². The molecule has 19 heavy (non-hydrogen) atoms. The first-order valence-corrected chi connectivity index (χ1v) is 7.57. The van der Waals surface area contributed by atoms with E-state index in [4.69, 9.17) is 17.3 Å². The Bertz CT molecular complexity index is 594. The molecule has 0 amide bonds. The van der Waals surface area contributed by atoms with Gasteiger partial charge in [-0.1, -0.05) is 11.6 Å². The van der Waals surface area contributed by atoms with Crippen molar-refractivity contribution in [2.45, 2.75) is 23.8 Å². The Labute approximate surface area is 115 Å². The Morgan fingerprint density at radius 2 is 2.16 bits per heavy atom. The quantitative estimate of drug-likeness (QED) is 0.804. The summed E-state index contributed by atoms with van der Waals surface area (Å²) in [6.07, 6.45) is 0.327. The molecule has 1 aliphatic rings. The summed E-state index contributed by atoms with van der Waals surface area (Å²) < 4.78 is 39.6. The van der Waals surface area contributed by atoms with Gasteiger partial charge < -0.3 is 10.8 Å². The van der Waals surface area contributed by atoms with Gasteiger partial charge in [0.2, 0.25) is 10.0 Å². The first kappa shape index (κ1) is 14.5. The molecule has 2 rings (SSSR count). The maximum absolute atomic E-state index is 13.9. The van der Waals surface area contributed by atoms with Crippen LogP contribution in [-0.2, 0) is 10.0 Å². The number of aliphatic hydroxyl groups is 1. The lowest BCUT2D eigenvalue weighted by atomic mass is 10.1. The Kier molecular flexibility index (Phi) is 4.00. The third-order valence-electron chi connectivity index (χ3n) is 3.01. The first-order valence-electron chi connectivity index (χ1n) is 5.75. The maximum Gasteiger partial charge on any atom is 0.246 e. The van der Waals surface area contributed by atoms with Crippen LogP contribution in [0.4, 0.5) is 10.1 Å². The van der Waals surface area contributed by atoms with Crippen LogP contribution in [-0.4, -0.2) is 37.0 Å². The number of anilines is 1. The molecular weight excluding hydrogens is 295 g/mol. The number of benzene rings is 1. The predicted octanol–water partition coefficient (Wildman–Crippen LogP) is 1.21. The fraction of sp³-hybridized carbons (Fsp3) is 0.455. The number of nitrogens with two attached hydrogens (primary N) is 1. The number of halogens is 2. The highest BCUT2D eigenvalue weighted by Crippen LogP contribution is 2.29. The SMILES string of the molecule is Nc1cc(Cl)cc(S(=O)(=O)N2CCC[C@H](O)C2)c1F. The number of hydrogen-bond donors (Lipinski definition) is 2. The summed E-state index contributed by atoms with van der Waals surface area (Å²) >= 11 is 5.72. The molecule has 0 saturated carbocycles. The van der Waals surface area contributed by atoms with E-state index in [0.717, 1.165) is 16.4 Å². The molecule has 0 radical (unpaired) electrons.